The van der Waals surface area contributed by atoms with Gasteiger partial charge < -0.3 is 10.2 Å². The van der Waals surface area contributed by atoms with E-state index in [-0.39, 0.29) is 12.4 Å². The molecule has 1 N–H and O–H groups in total. The monoisotopic (exact) mass is 238 g/mol. The third kappa shape index (κ3) is 1.61. The van der Waals surface area contributed by atoms with Crippen LogP contribution in [0.25, 0.3) is 0 Å². The summed E-state index contributed by atoms with van der Waals surface area (Å²) in [5.74, 6) is 0.711. The summed E-state index contributed by atoms with van der Waals surface area (Å²) in [5.41, 5.74) is 6.12. The average molecular weight is 239 g/mol. The Hall–Kier alpha value is -0.730. The fraction of sp³-hybridized carbons (Fsp3) is 0.538. The second-order valence-corrected chi connectivity index (χ2v) is 4.84. The van der Waals surface area contributed by atoms with Gasteiger partial charge in [-0.05, 0) is 36.6 Å². The molecule has 0 aliphatic carbocycles. The van der Waals surface area contributed by atoms with Crippen molar-refractivity contribution in [3.8, 4) is 0 Å². The molecule has 0 fully saturated rings. The largest absolute Gasteiger partial charge is 0.373 e. The maximum Gasteiger partial charge on any atom is 0.0432 e. The first-order valence-electron chi connectivity index (χ1n) is 5.81. The molecular weight excluding hydrogens is 220 g/mol. The van der Waals surface area contributed by atoms with Crippen LogP contribution in [0.1, 0.15) is 22.6 Å². The summed E-state index contributed by atoms with van der Waals surface area (Å²) in [6.07, 6.45) is 1.19. The zero-order chi connectivity index (χ0) is 10.4. The Morgan fingerprint density at radius 1 is 1.38 bits per heavy atom. The molecule has 1 unspecified atom stereocenters. The lowest BCUT2D eigenvalue weighted by Crippen LogP contribution is -2.24. The Morgan fingerprint density at radius 2 is 2.19 bits per heavy atom. The topological polar surface area (TPSA) is 15.3 Å². The molecule has 0 aromatic heterocycles. The van der Waals surface area contributed by atoms with Crippen molar-refractivity contribution in [2.75, 3.05) is 31.6 Å². The van der Waals surface area contributed by atoms with E-state index in [2.05, 4.69) is 36.3 Å². The van der Waals surface area contributed by atoms with E-state index in [9.17, 15) is 0 Å². The van der Waals surface area contributed by atoms with E-state index in [4.69, 9.17) is 0 Å². The quantitative estimate of drug-likeness (QED) is 0.745. The lowest BCUT2D eigenvalue weighted by atomic mass is 9.93. The maximum absolute atomic E-state index is 3.54. The molecule has 2 heterocycles. The molecule has 88 valence electrons. The number of hydrogen-bond acceptors (Lipinski definition) is 2. The highest BCUT2D eigenvalue weighted by Crippen LogP contribution is 2.40. The van der Waals surface area contributed by atoms with Crippen LogP contribution < -0.4 is 10.2 Å². The molecule has 3 rings (SSSR count). The molecule has 3 heteroatoms. The highest BCUT2D eigenvalue weighted by molar-refractivity contribution is 5.85. The molecule has 0 radical (unpaired) electrons. The number of aryl methyl sites for hydroxylation is 1. The number of rotatable bonds is 0. The first kappa shape index (κ1) is 11.7. The zero-order valence-electron chi connectivity index (χ0n) is 9.92. The van der Waals surface area contributed by atoms with Gasteiger partial charge in [-0.25, -0.2) is 0 Å². The maximum atomic E-state index is 3.54. The average Bonchev–Trinajstić information content (AvgIpc) is 2.43. The number of benzene rings is 1. The van der Waals surface area contributed by atoms with Gasteiger partial charge in [0.1, 0.15) is 0 Å². The molecule has 1 aromatic carbocycles. The SMILES string of the molecule is Cc1ccc2c3c1N(C)CC3CNCC2.Cl. The van der Waals surface area contributed by atoms with E-state index in [1.54, 1.807) is 11.1 Å². The van der Waals surface area contributed by atoms with Crippen LogP contribution in [0.4, 0.5) is 5.69 Å². The van der Waals surface area contributed by atoms with Gasteiger partial charge in [0.2, 0.25) is 0 Å². The van der Waals surface area contributed by atoms with E-state index < -0.39 is 0 Å². The van der Waals surface area contributed by atoms with Crippen molar-refractivity contribution in [3.05, 3.63) is 28.8 Å². The van der Waals surface area contributed by atoms with Crippen molar-refractivity contribution < 1.29 is 0 Å². The third-order valence-corrected chi connectivity index (χ3v) is 3.76. The van der Waals surface area contributed by atoms with Crippen LogP contribution in [-0.2, 0) is 6.42 Å². The highest BCUT2D eigenvalue weighted by Gasteiger charge is 2.30. The zero-order valence-corrected chi connectivity index (χ0v) is 10.7. The first-order chi connectivity index (χ1) is 7.27. The fourth-order valence-electron chi connectivity index (χ4n) is 3.12. The predicted octanol–water partition coefficient (Wildman–Crippen LogP) is 2.10. The number of anilines is 1. The van der Waals surface area contributed by atoms with Gasteiger partial charge in [-0.2, -0.15) is 0 Å². The van der Waals surface area contributed by atoms with E-state index in [0.29, 0.717) is 5.92 Å². The van der Waals surface area contributed by atoms with Gasteiger partial charge in [0, 0.05) is 31.7 Å². The number of nitrogens with one attached hydrogen (secondary N) is 1. The summed E-state index contributed by atoms with van der Waals surface area (Å²) in [7, 11) is 2.22. The summed E-state index contributed by atoms with van der Waals surface area (Å²) >= 11 is 0. The van der Waals surface area contributed by atoms with Gasteiger partial charge in [0.15, 0.2) is 0 Å². The van der Waals surface area contributed by atoms with Gasteiger partial charge in [0.25, 0.3) is 0 Å². The van der Waals surface area contributed by atoms with Gasteiger partial charge in [0.05, 0.1) is 0 Å². The summed E-state index contributed by atoms with van der Waals surface area (Å²) in [6, 6.07) is 4.60. The van der Waals surface area contributed by atoms with Crippen LogP contribution in [-0.4, -0.2) is 26.7 Å². The molecule has 1 aromatic rings. The number of likely N-dealkylation sites (N-methyl/N-ethyl adjacent to an activating group) is 1. The second kappa shape index (κ2) is 4.27. The van der Waals surface area contributed by atoms with Crippen molar-refractivity contribution in [3.63, 3.8) is 0 Å². The minimum atomic E-state index is 0. The Morgan fingerprint density at radius 3 is 3.00 bits per heavy atom. The molecule has 0 bridgehead atoms. The first-order valence-corrected chi connectivity index (χ1v) is 5.81. The normalized spacial score (nSPS) is 22.4. The van der Waals surface area contributed by atoms with Crippen LogP contribution in [0.15, 0.2) is 12.1 Å². The lowest BCUT2D eigenvalue weighted by Gasteiger charge is -2.16. The Balaban J connectivity index is 0.000000963. The number of hydrogen-bond donors (Lipinski definition) is 1. The molecular formula is C13H19ClN2. The van der Waals surface area contributed by atoms with Gasteiger partial charge >= 0.3 is 0 Å². The highest BCUT2D eigenvalue weighted by atomic mass is 35.5. The minimum absolute atomic E-state index is 0. The molecule has 0 spiro atoms. The third-order valence-electron chi connectivity index (χ3n) is 3.76. The predicted molar refractivity (Wildman–Crippen MR) is 71.0 cm³/mol. The minimum Gasteiger partial charge on any atom is -0.373 e. The lowest BCUT2D eigenvalue weighted by molar-refractivity contribution is 0.625. The Bertz CT molecular complexity index is 403. The van der Waals surface area contributed by atoms with Gasteiger partial charge in [-0.1, -0.05) is 12.1 Å². The Labute approximate surface area is 103 Å². The molecule has 16 heavy (non-hydrogen) atoms. The van der Waals surface area contributed by atoms with Crippen molar-refractivity contribution in [2.24, 2.45) is 0 Å². The summed E-state index contributed by atoms with van der Waals surface area (Å²) in [6.45, 7) is 5.69. The smallest absolute Gasteiger partial charge is 0.0432 e. The Kier molecular flexibility index (Phi) is 3.13. The van der Waals surface area contributed by atoms with Crippen molar-refractivity contribution >= 4 is 18.1 Å². The molecule has 2 aliphatic heterocycles. The van der Waals surface area contributed by atoms with Crippen LogP contribution in [0, 0.1) is 6.92 Å². The summed E-state index contributed by atoms with van der Waals surface area (Å²) < 4.78 is 0. The van der Waals surface area contributed by atoms with E-state index in [1.807, 2.05) is 0 Å². The van der Waals surface area contributed by atoms with Crippen molar-refractivity contribution in [2.45, 2.75) is 19.3 Å². The van der Waals surface area contributed by atoms with Crippen molar-refractivity contribution in [1.82, 2.24) is 5.32 Å². The summed E-state index contributed by atoms with van der Waals surface area (Å²) in [4.78, 5) is 2.42. The number of halogens is 1. The summed E-state index contributed by atoms with van der Waals surface area (Å²) in [5, 5.41) is 3.54. The van der Waals surface area contributed by atoms with Gasteiger partial charge in [-0.15, -0.1) is 12.4 Å². The fourth-order valence-corrected chi connectivity index (χ4v) is 3.12. The molecule has 1 atom stereocenters. The molecule has 0 saturated carbocycles. The molecule has 0 amide bonds. The van der Waals surface area contributed by atoms with Crippen LogP contribution >= 0.6 is 12.4 Å². The molecule has 2 aliphatic rings. The second-order valence-electron chi connectivity index (χ2n) is 4.84. The van der Waals surface area contributed by atoms with Crippen LogP contribution in [0.5, 0.6) is 0 Å². The van der Waals surface area contributed by atoms with E-state index in [0.717, 1.165) is 13.1 Å². The standard InChI is InChI=1S/C13H18N2.ClH/c1-9-3-4-10-5-6-14-7-11-8-15(2)13(9)12(10)11;/h3-4,11,14H,5-8H2,1-2H3;1H. The van der Waals surface area contributed by atoms with E-state index >= 15 is 0 Å². The number of nitrogens with zero attached hydrogens (tertiary/aromatic N) is 1. The van der Waals surface area contributed by atoms with E-state index in [1.165, 1.54) is 24.2 Å². The van der Waals surface area contributed by atoms with Gasteiger partial charge in [-0.3, -0.25) is 0 Å². The van der Waals surface area contributed by atoms with Crippen molar-refractivity contribution in [1.29, 1.82) is 0 Å². The molecule has 2 nitrogen and oxygen atoms in total. The van der Waals surface area contributed by atoms with Crippen LogP contribution in [0.3, 0.4) is 0 Å². The van der Waals surface area contributed by atoms with Crippen LogP contribution in [0.2, 0.25) is 0 Å². The molecule has 0 saturated heterocycles.